The number of imidazole rings is 1. The minimum absolute atomic E-state index is 0.127. The van der Waals surface area contributed by atoms with Crippen molar-refractivity contribution < 1.29 is 9.53 Å². The second kappa shape index (κ2) is 6.96. The van der Waals surface area contributed by atoms with Crippen LogP contribution < -0.4 is 10.1 Å². The van der Waals surface area contributed by atoms with Crippen LogP contribution in [0, 0.1) is 0 Å². The van der Waals surface area contributed by atoms with Crippen LogP contribution in [0.1, 0.15) is 12.6 Å². The Balaban J connectivity index is 1.54. The Morgan fingerprint density at radius 3 is 2.87 bits per heavy atom. The predicted octanol–water partition coefficient (Wildman–Crippen LogP) is 2.69. The Kier molecular flexibility index (Phi) is 4.57. The summed E-state index contributed by atoms with van der Waals surface area (Å²) in [4.78, 5) is 19.0. The fourth-order valence-electron chi connectivity index (χ4n) is 2.38. The molecule has 2 N–H and O–H groups in total. The van der Waals surface area contributed by atoms with Crippen LogP contribution in [0.3, 0.4) is 0 Å². The van der Waals surface area contributed by atoms with Crippen molar-refractivity contribution >= 4 is 16.7 Å². The highest BCUT2D eigenvalue weighted by Crippen LogP contribution is 2.21. The Bertz CT molecular complexity index is 784. The average Bonchev–Trinajstić information content (AvgIpc) is 3.08. The van der Waals surface area contributed by atoms with Crippen LogP contribution in [0.5, 0.6) is 5.75 Å². The number of carbonyl (C=O) groups is 1. The van der Waals surface area contributed by atoms with Crippen molar-refractivity contribution in [3.63, 3.8) is 0 Å². The van der Waals surface area contributed by atoms with Crippen LogP contribution in [0.15, 0.2) is 55.0 Å². The van der Waals surface area contributed by atoms with Crippen LogP contribution in [0.2, 0.25) is 0 Å². The summed E-state index contributed by atoms with van der Waals surface area (Å²) in [6, 6.07) is 13.9. The van der Waals surface area contributed by atoms with Gasteiger partial charge in [0.1, 0.15) is 5.75 Å². The van der Waals surface area contributed by atoms with Gasteiger partial charge in [0, 0.05) is 24.9 Å². The maximum Gasteiger partial charge on any atom is 0.260 e. The first kappa shape index (κ1) is 15.1. The lowest BCUT2D eigenvalue weighted by Gasteiger charge is -2.15. The third-order valence-corrected chi connectivity index (χ3v) is 3.65. The van der Waals surface area contributed by atoms with Crippen LogP contribution in [0.25, 0.3) is 10.8 Å². The fourth-order valence-corrected chi connectivity index (χ4v) is 2.38. The number of rotatable bonds is 6. The highest BCUT2D eigenvalue weighted by atomic mass is 16.5. The fraction of sp³-hybridized carbons (Fsp3) is 0.222. The van der Waals surface area contributed by atoms with Gasteiger partial charge in [-0.15, -0.1) is 0 Å². The first-order valence-corrected chi connectivity index (χ1v) is 7.63. The smallest absolute Gasteiger partial charge is 0.260 e. The van der Waals surface area contributed by atoms with Gasteiger partial charge in [-0.25, -0.2) is 4.98 Å². The third-order valence-electron chi connectivity index (χ3n) is 3.65. The molecular weight excluding hydrogens is 290 g/mol. The minimum Gasteiger partial charge on any atom is -0.481 e. The van der Waals surface area contributed by atoms with Gasteiger partial charge in [0.05, 0.1) is 6.33 Å². The van der Waals surface area contributed by atoms with Gasteiger partial charge in [-0.3, -0.25) is 4.79 Å². The van der Waals surface area contributed by atoms with E-state index >= 15 is 0 Å². The van der Waals surface area contributed by atoms with E-state index in [4.69, 9.17) is 4.74 Å². The standard InChI is InChI=1S/C18H19N3O2/c1-13(18(22)20-9-8-16-11-19-12-21-16)23-17-7-6-14-4-2-3-5-15(14)10-17/h2-7,10-13H,8-9H2,1H3,(H,19,21)(H,20,22)/t13-/m0/s1. The number of amides is 1. The number of benzene rings is 2. The summed E-state index contributed by atoms with van der Waals surface area (Å²) in [7, 11) is 0. The topological polar surface area (TPSA) is 67.0 Å². The van der Waals surface area contributed by atoms with E-state index in [-0.39, 0.29) is 5.91 Å². The number of nitrogens with zero attached hydrogens (tertiary/aromatic N) is 1. The molecule has 0 spiro atoms. The van der Waals surface area contributed by atoms with Crippen LogP contribution in [-0.2, 0) is 11.2 Å². The maximum atomic E-state index is 12.1. The van der Waals surface area contributed by atoms with Crippen molar-refractivity contribution in [3.8, 4) is 5.75 Å². The molecule has 0 unspecified atom stereocenters. The monoisotopic (exact) mass is 309 g/mol. The van der Waals surface area contributed by atoms with E-state index < -0.39 is 6.10 Å². The Morgan fingerprint density at radius 1 is 1.26 bits per heavy atom. The zero-order valence-electron chi connectivity index (χ0n) is 13.0. The molecular formula is C18H19N3O2. The van der Waals surface area contributed by atoms with Gasteiger partial charge in [-0.2, -0.15) is 0 Å². The number of fused-ring (bicyclic) bond motifs is 1. The number of ether oxygens (including phenoxy) is 1. The van der Waals surface area contributed by atoms with Crippen molar-refractivity contribution in [1.82, 2.24) is 15.3 Å². The molecule has 0 radical (unpaired) electrons. The molecule has 118 valence electrons. The zero-order chi connectivity index (χ0) is 16.1. The summed E-state index contributed by atoms with van der Waals surface area (Å²) < 4.78 is 5.74. The van der Waals surface area contributed by atoms with E-state index in [2.05, 4.69) is 15.3 Å². The maximum absolute atomic E-state index is 12.1. The molecule has 3 rings (SSSR count). The van der Waals surface area contributed by atoms with Crippen molar-refractivity contribution in [2.45, 2.75) is 19.4 Å². The quantitative estimate of drug-likeness (QED) is 0.735. The lowest BCUT2D eigenvalue weighted by molar-refractivity contribution is -0.127. The average molecular weight is 309 g/mol. The highest BCUT2D eigenvalue weighted by molar-refractivity contribution is 5.84. The largest absolute Gasteiger partial charge is 0.481 e. The number of nitrogens with one attached hydrogen (secondary N) is 2. The normalized spacial score (nSPS) is 12.0. The van der Waals surface area contributed by atoms with Gasteiger partial charge in [0.2, 0.25) is 0 Å². The molecule has 5 nitrogen and oxygen atoms in total. The summed E-state index contributed by atoms with van der Waals surface area (Å²) in [5.74, 6) is 0.567. The lowest BCUT2D eigenvalue weighted by atomic mass is 10.1. The van der Waals surface area contributed by atoms with E-state index in [1.165, 1.54) is 0 Å². The number of H-pyrrole nitrogens is 1. The predicted molar refractivity (Wildman–Crippen MR) is 89.3 cm³/mol. The SMILES string of the molecule is C[C@H](Oc1ccc2ccccc2c1)C(=O)NCCc1cnc[nH]1. The van der Waals surface area contributed by atoms with Crippen LogP contribution in [-0.4, -0.2) is 28.5 Å². The van der Waals surface area contributed by atoms with Gasteiger partial charge in [0.15, 0.2) is 6.10 Å². The molecule has 0 bridgehead atoms. The molecule has 2 aromatic carbocycles. The lowest BCUT2D eigenvalue weighted by Crippen LogP contribution is -2.37. The molecule has 1 amide bonds. The molecule has 0 aliphatic rings. The summed E-state index contributed by atoms with van der Waals surface area (Å²) >= 11 is 0. The minimum atomic E-state index is -0.544. The number of hydrogen-bond donors (Lipinski definition) is 2. The summed E-state index contributed by atoms with van der Waals surface area (Å²) in [5, 5.41) is 5.11. The molecule has 3 aromatic rings. The van der Waals surface area contributed by atoms with E-state index in [0.29, 0.717) is 18.7 Å². The molecule has 0 aliphatic carbocycles. The zero-order valence-corrected chi connectivity index (χ0v) is 13.0. The van der Waals surface area contributed by atoms with Crippen molar-refractivity contribution in [2.24, 2.45) is 0 Å². The Labute approximate surface area is 134 Å². The molecule has 5 heteroatoms. The van der Waals surface area contributed by atoms with Gasteiger partial charge in [-0.05, 0) is 29.8 Å². The Hall–Kier alpha value is -2.82. The first-order chi connectivity index (χ1) is 11.2. The molecule has 1 aromatic heterocycles. The number of hydrogen-bond acceptors (Lipinski definition) is 3. The van der Waals surface area contributed by atoms with E-state index in [1.807, 2.05) is 42.5 Å². The van der Waals surface area contributed by atoms with E-state index in [9.17, 15) is 4.79 Å². The van der Waals surface area contributed by atoms with Crippen molar-refractivity contribution in [2.75, 3.05) is 6.54 Å². The number of carbonyl (C=O) groups excluding carboxylic acids is 1. The summed E-state index contributed by atoms with van der Waals surface area (Å²) in [6.07, 6.45) is 3.55. The molecule has 0 saturated carbocycles. The van der Waals surface area contributed by atoms with Gasteiger partial charge >= 0.3 is 0 Å². The van der Waals surface area contributed by atoms with Crippen molar-refractivity contribution in [3.05, 3.63) is 60.7 Å². The first-order valence-electron chi connectivity index (χ1n) is 7.63. The van der Waals surface area contributed by atoms with Crippen molar-refractivity contribution in [1.29, 1.82) is 0 Å². The molecule has 1 heterocycles. The number of aromatic nitrogens is 2. The second-order valence-electron chi connectivity index (χ2n) is 5.39. The molecule has 1 atom stereocenters. The van der Waals surface area contributed by atoms with Gasteiger partial charge in [0.25, 0.3) is 5.91 Å². The number of aromatic amines is 1. The summed E-state index contributed by atoms with van der Waals surface area (Å²) in [6.45, 7) is 2.30. The molecule has 23 heavy (non-hydrogen) atoms. The summed E-state index contributed by atoms with van der Waals surface area (Å²) in [5.41, 5.74) is 0.994. The van der Waals surface area contributed by atoms with E-state index in [0.717, 1.165) is 16.5 Å². The third kappa shape index (κ3) is 3.88. The van der Waals surface area contributed by atoms with Gasteiger partial charge < -0.3 is 15.0 Å². The Morgan fingerprint density at radius 2 is 2.09 bits per heavy atom. The second-order valence-corrected chi connectivity index (χ2v) is 5.39. The van der Waals surface area contributed by atoms with Gasteiger partial charge in [-0.1, -0.05) is 30.3 Å². The molecule has 0 aliphatic heterocycles. The molecule has 0 fully saturated rings. The van der Waals surface area contributed by atoms with E-state index in [1.54, 1.807) is 19.4 Å². The highest BCUT2D eigenvalue weighted by Gasteiger charge is 2.14. The van der Waals surface area contributed by atoms with Crippen LogP contribution in [0.4, 0.5) is 0 Å². The molecule has 0 saturated heterocycles. The van der Waals surface area contributed by atoms with Crippen LogP contribution >= 0.6 is 0 Å².